The lowest BCUT2D eigenvalue weighted by atomic mass is 9.90. The minimum absolute atomic E-state index is 0.00443. The molecule has 3 atom stereocenters. The molecule has 0 aliphatic carbocycles. The van der Waals surface area contributed by atoms with Gasteiger partial charge in [-0.1, -0.05) is 20.8 Å². The summed E-state index contributed by atoms with van der Waals surface area (Å²) in [7, 11) is -1.81. The normalized spacial score (nSPS) is 28.9. The van der Waals surface area contributed by atoms with Gasteiger partial charge in [0.05, 0.1) is 24.3 Å². The molecule has 2 rings (SSSR count). The zero-order valence-electron chi connectivity index (χ0n) is 15.8. The van der Waals surface area contributed by atoms with Gasteiger partial charge in [-0.05, 0) is 30.8 Å². The first-order chi connectivity index (χ1) is 11.1. The molecule has 0 aromatic rings. The standard InChI is InChI=1S/C17H31NO4SSi/c1-17(2,3)24(5,6)22-10-8-18-12(11-14(18)19)16-15(20)13(23-4)7-9-21-16/h12-13,16H,7-11H2,1-6H3/t12?,13-,16+/m0/s1. The summed E-state index contributed by atoms with van der Waals surface area (Å²) in [6.07, 6.45) is 2.69. The van der Waals surface area contributed by atoms with Crippen molar-refractivity contribution in [2.75, 3.05) is 26.0 Å². The van der Waals surface area contributed by atoms with Crippen molar-refractivity contribution < 1.29 is 18.8 Å². The highest BCUT2D eigenvalue weighted by Gasteiger charge is 2.47. The van der Waals surface area contributed by atoms with Crippen molar-refractivity contribution >= 4 is 31.8 Å². The van der Waals surface area contributed by atoms with Crippen LogP contribution >= 0.6 is 11.8 Å². The summed E-state index contributed by atoms with van der Waals surface area (Å²) in [5.41, 5.74) is 0. The molecule has 5 nitrogen and oxygen atoms in total. The number of nitrogens with zero attached hydrogens (tertiary/aromatic N) is 1. The Morgan fingerprint density at radius 3 is 2.54 bits per heavy atom. The third-order valence-corrected chi connectivity index (χ3v) is 11.2. The Hall–Kier alpha value is -0.373. The van der Waals surface area contributed by atoms with E-state index in [1.165, 1.54) is 0 Å². The average molecular weight is 374 g/mol. The first-order valence-electron chi connectivity index (χ1n) is 8.70. The van der Waals surface area contributed by atoms with Crippen LogP contribution in [0.15, 0.2) is 0 Å². The highest BCUT2D eigenvalue weighted by molar-refractivity contribution is 7.99. The van der Waals surface area contributed by atoms with Crippen LogP contribution in [0, 0.1) is 0 Å². The molecule has 0 bridgehead atoms. The van der Waals surface area contributed by atoms with E-state index in [-0.39, 0.29) is 28.0 Å². The number of ether oxygens (including phenoxy) is 1. The molecule has 0 aromatic heterocycles. The fraction of sp³-hybridized carbons (Fsp3) is 0.882. The van der Waals surface area contributed by atoms with Crippen LogP contribution in [-0.4, -0.2) is 68.3 Å². The second kappa shape index (κ2) is 7.48. The zero-order valence-corrected chi connectivity index (χ0v) is 17.6. The van der Waals surface area contributed by atoms with Gasteiger partial charge in [-0.25, -0.2) is 0 Å². The van der Waals surface area contributed by atoms with Gasteiger partial charge < -0.3 is 14.1 Å². The number of ketones is 1. The monoisotopic (exact) mass is 373 g/mol. The van der Waals surface area contributed by atoms with E-state index in [1.807, 2.05) is 6.26 Å². The Kier molecular flexibility index (Phi) is 6.21. The lowest BCUT2D eigenvalue weighted by Crippen LogP contribution is -2.63. The molecular weight excluding hydrogens is 342 g/mol. The van der Waals surface area contributed by atoms with E-state index in [4.69, 9.17) is 9.16 Å². The predicted molar refractivity (Wildman–Crippen MR) is 99.9 cm³/mol. The topological polar surface area (TPSA) is 55.8 Å². The largest absolute Gasteiger partial charge is 0.415 e. The maximum atomic E-state index is 12.5. The molecule has 0 radical (unpaired) electrons. The van der Waals surface area contributed by atoms with E-state index in [0.29, 0.717) is 26.2 Å². The molecule has 2 saturated heterocycles. The fourth-order valence-corrected chi connectivity index (χ4v) is 4.63. The Morgan fingerprint density at radius 2 is 2.00 bits per heavy atom. The van der Waals surface area contributed by atoms with Crippen LogP contribution in [0.25, 0.3) is 0 Å². The summed E-state index contributed by atoms with van der Waals surface area (Å²) in [4.78, 5) is 26.3. The van der Waals surface area contributed by atoms with E-state index >= 15 is 0 Å². The second-order valence-corrected chi connectivity index (χ2v) is 14.0. The van der Waals surface area contributed by atoms with Gasteiger partial charge in [0.15, 0.2) is 14.1 Å². The van der Waals surface area contributed by atoms with Gasteiger partial charge in [-0.3, -0.25) is 9.59 Å². The molecule has 7 heteroatoms. The molecule has 1 amide bonds. The minimum Gasteiger partial charge on any atom is -0.415 e. The van der Waals surface area contributed by atoms with Gasteiger partial charge in [0, 0.05) is 13.2 Å². The van der Waals surface area contributed by atoms with Crippen molar-refractivity contribution in [2.24, 2.45) is 0 Å². The molecule has 2 aliphatic rings. The van der Waals surface area contributed by atoms with E-state index in [2.05, 4.69) is 33.9 Å². The van der Waals surface area contributed by atoms with Crippen molar-refractivity contribution in [3.05, 3.63) is 0 Å². The van der Waals surface area contributed by atoms with Gasteiger partial charge in [-0.2, -0.15) is 11.8 Å². The third kappa shape index (κ3) is 4.06. The third-order valence-electron chi connectivity index (χ3n) is 5.61. The van der Waals surface area contributed by atoms with Crippen LogP contribution in [0.1, 0.15) is 33.6 Å². The number of carbonyl (C=O) groups is 2. The number of thioether (sulfide) groups is 1. The molecule has 0 N–H and O–H groups in total. The second-order valence-electron chi connectivity index (χ2n) is 8.17. The number of β-lactam (4-membered cyclic amide) rings is 1. The molecule has 2 heterocycles. The SMILES string of the molecule is CS[C@H]1CCO[C@H](C2CC(=O)N2CCO[Si](C)(C)C(C)(C)C)C1=O. The van der Waals surface area contributed by atoms with Crippen LogP contribution in [0.5, 0.6) is 0 Å². The first kappa shape index (κ1) is 19.9. The summed E-state index contributed by atoms with van der Waals surface area (Å²) < 4.78 is 11.9. The van der Waals surface area contributed by atoms with Crippen LogP contribution in [0.4, 0.5) is 0 Å². The summed E-state index contributed by atoms with van der Waals surface area (Å²) >= 11 is 1.58. The average Bonchev–Trinajstić information content (AvgIpc) is 2.48. The number of carbonyl (C=O) groups excluding carboxylic acids is 2. The molecule has 0 aromatic carbocycles. The van der Waals surface area contributed by atoms with Crippen molar-refractivity contribution in [3.63, 3.8) is 0 Å². The lowest BCUT2D eigenvalue weighted by Gasteiger charge is -2.46. The van der Waals surface area contributed by atoms with Gasteiger partial charge in [0.1, 0.15) is 6.10 Å². The number of Topliss-reactive ketones (excluding diaryl/α,β-unsaturated/α-hetero) is 1. The van der Waals surface area contributed by atoms with Crippen molar-refractivity contribution in [3.8, 4) is 0 Å². The van der Waals surface area contributed by atoms with Crippen molar-refractivity contribution in [1.29, 1.82) is 0 Å². The van der Waals surface area contributed by atoms with E-state index in [0.717, 1.165) is 6.42 Å². The smallest absolute Gasteiger partial charge is 0.225 e. The Labute approximate surface area is 151 Å². The van der Waals surface area contributed by atoms with E-state index in [9.17, 15) is 9.59 Å². The lowest BCUT2D eigenvalue weighted by molar-refractivity contribution is -0.163. The summed E-state index contributed by atoms with van der Waals surface area (Å²) in [6.45, 7) is 12.7. The molecule has 2 aliphatic heterocycles. The number of likely N-dealkylation sites (tertiary alicyclic amines) is 1. The molecular formula is C17H31NO4SSi. The number of amides is 1. The predicted octanol–water partition coefficient (Wildman–Crippen LogP) is 2.70. The number of rotatable bonds is 6. The van der Waals surface area contributed by atoms with E-state index < -0.39 is 14.4 Å². The zero-order chi connectivity index (χ0) is 18.1. The first-order valence-corrected chi connectivity index (χ1v) is 12.9. The fourth-order valence-electron chi connectivity index (χ4n) is 2.90. The Balaban J connectivity index is 1.91. The van der Waals surface area contributed by atoms with Crippen LogP contribution in [-0.2, 0) is 18.8 Å². The van der Waals surface area contributed by atoms with Crippen LogP contribution < -0.4 is 0 Å². The van der Waals surface area contributed by atoms with Gasteiger partial charge in [0.2, 0.25) is 5.91 Å². The highest BCUT2D eigenvalue weighted by Crippen LogP contribution is 2.37. The van der Waals surface area contributed by atoms with Crippen molar-refractivity contribution in [1.82, 2.24) is 4.90 Å². The number of hydrogen-bond acceptors (Lipinski definition) is 5. The van der Waals surface area contributed by atoms with Crippen molar-refractivity contribution in [2.45, 2.75) is 69.1 Å². The Bertz CT molecular complexity index is 491. The molecule has 138 valence electrons. The summed E-state index contributed by atoms with van der Waals surface area (Å²) in [6, 6.07) is -0.108. The van der Waals surface area contributed by atoms with Gasteiger partial charge in [-0.15, -0.1) is 0 Å². The molecule has 24 heavy (non-hydrogen) atoms. The molecule has 0 saturated carbocycles. The minimum atomic E-state index is -1.81. The molecule has 0 spiro atoms. The maximum absolute atomic E-state index is 12.5. The summed E-state index contributed by atoms with van der Waals surface area (Å²) in [5, 5.41) is 0.157. The highest BCUT2D eigenvalue weighted by atomic mass is 32.2. The maximum Gasteiger partial charge on any atom is 0.225 e. The van der Waals surface area contributed by atoms with Gasteiger partial charge in [0.25, 0.3) is 0 Å². The Morgan fingerprint density at radius 1 is 1.33 bits per heavy atom. The van der Waals surface area contributed by atoms with E-state index in [1.54, 1.807) is 16.7 Å². The molecule has 2 fully saturated rings. The van der Waals surface area contributed by atoms with Gasteiger partial charge >= 0.3 is 0 Å². The van der Waals surface area contributed by atoms with Crippen LogP contribution in [0.3, 0.4) is 0 Å². The quantitative estimate of drug-likeness (QED) is 0.529. The van der Waals surface area contributed by atoms with Crippen LogP contribution in [0.2, 0.25) is 18.1 Å². The molecule has 1 unspecified atom stereocenters. The summed E-state index contributed by atoms with van der Waals surface area (Å²) in [5.74, 6) is 0.239. The number of hydrogen-bond donors (Lipinski definition) is 0.